The summed E-state index contributed by atoms with van der Waals surface area (Å²) in [5.74, 6) is -1.18. The van der Waals surface area contributed by atoms with Gasteiger partial charge in [0.1, 0.15) is 0 Å². The summed E-state index contributed by atoms with van der Waals surface area (Å²) in [4.78, 5) is 39.6. The van der Waals surface area contributed by atoms with Crippen molar-refractivity contribution in [2.45, 2.75) is 12.6 Å². The number of nitrogens with zero attached hydrogens (tertiary/aromatic N) is 3. The lowest BCUT2D eigenvalue weighted by Gasteiger charge is -2.28. The summed E-state index contributed by atoms with van der Waals surface area (Å²) in [5, 5.41) is 13.9. The predicted octanol–water partition coefficient (Wildman–Crippen LogP) is 2.87. The van der Waals surface area contributed by atoms with Gasteiger partial charge in [0.2, 0.25) is 0 Å². The second kappa shape index (κ2) is 9.19. The number of amides is 1. The van der Waals surface area contributed by atoms with E-state index in [4.69, 9.17) is 27.9 Å². The number of halogens is 2. The molecule has 0 saturated carbocycles. The van der Waals surface area contributed by atoms with Crippen molar-refractivity contribution in [2.75, 3.05) is 19.7 Å². The number of benzene rings is 1. The number of aromatic nitrogens is 3. The van der Waals surface area contributed by atoms with Gasteiger partial charge in [-0.3, -0.25) is 14.3 Å². The van der Waals surface area contributed by atoms with Crippen LogP contribution in [0.25, 0.3) is 11.4 Å². The third kappa shape index (κ3) is 4.57. The second-order valence-corrected chi connectivity index (χ2v) is 8.09. The van der Waals surface area contributed by atoms with Crippen LogP contribution in [-0.4, -0.2) is 50.5 Å². The van der Waals surface area contributed by atoms with E-state index in [1.165, 1.54) is 15.5 Å². The van der Waals surface area contributed by atoms with Crippen molar-refractivity contribution in [2.24, 2.45) is 5.92 Å². The van der Waals surface area contributed by atoms with E-state index in [-0.39, 0.29) is 37.6 Å². The van der Waals surface area contributed by atoms with Crippen LogP contribution in [0.15, 0.2) is 50.6 Å². The lowest BCUT2D eigenvalue weighted by molar-refractivity contribution is 0.0251. The number of H-pyrrole nitrogens is 1. The lowest BCUT2D eigenvalue weighted by atomic mass is 9.94. The number of pyridine rings is 1. The monoisotopic (exact) mass is 480 g/mol. The summed E-state index contributed by atoms with van der Waals surface area (Å²) in [5.41, 5.74) is 0.451. The van der Waals surface area contributed by atoms with Gasteiger partial charge in [-0.2, -0.15) is 0 Å². The first-order valence-electron chi connectivity index (χ1n) is 9.63. The Labute approximate surface area is 190 Å². The standard InChI is InChI=1S/C20H18Cl2N4O6/c21-14-4-3-11(8-15(14)22)16-12(10-26(20(29)30)6-7-31-16)9-25-5-1-2-13(18(25)27)17-23-19(28)32-24-17/h1-5,8,12,16H,6-7,9-10H2,(H,29,30)(H,23,24,28)/t12-,16-/m0/s1. The zero-order valence-electron chi connectivity index (χ0n) is 16.5. The van der Waals surface area contributed by atoms with Gasteiger partial charge in [0, 0.05) is 31.7 Å². The average Bonchev–Trinajstić information content (AvgIpc) is 3.07. The number of carboxylic acid groups (broad SMARTS) is 1. The highest BCUT2D eigenvalue weighted by Crippen LogP contribution is 2.34. The van der Waals surface area contributed by atoms with Gasteiger partial charge in [-0.05, 0) is 29.8 Å². The molecular weight excluding hydrogens is 463 g/mol. The first-order valence-corrected chi connectivity index (χ1v) is 10.4. The van der Waals surface area contributed by atoms with Crippen LogP contribution in [-0.2, 0) is 11.3 Å². The topological polar surface area (TPSA) is 131 Å². The molecule has 0 bridgehead atoms. The predicted molar refractivity (Wildman–Crippen MR) is 115 cm³/mol. The van der Waals surface area contributed by atoms with Crippen molar-refractivity contribution in [3.05, 3.63) is 73.0 Å². The number of nitrogens with one attached hydrogen (secondary N) is 1. The van der Waals surface area contributed by atoms with Crippen molar-refractivity contribution in [1.29, 1.82) is 0 Å². The van der Waals surface area contributed by atoms with E-state index < -0.39 is 29.4 Å². The second-order valence-electron chi connectivity index (χ2n) is 7.28. The Morgan fingerprint density at radius 2 is 2.06 bits per heavy atom. The normalized spacial score (nSPS) is 19.0. The fourth-order valence-corrected chi connectivity index (χ4v) is 4.05. The Morgan fingerprint density at radius 1 is 1.25 bits per heavy atom. The quantitative estimate of drug-likeness (QED) is 0.586. The molecule has 1 aliphatic rings. The Balaban J connectivity index is 1.71. The summed E-state index contributed by atoms with van der Waals surface area (Å²) >= 11 is 12.2. The molecule has 4 rings (SSSR count). The SMILES string of the molecule is O=C(O)N1CCO[C@@H](c2ccc(Cl)c(Cl)c2)[C@@H](Cn2cccc(-c3noc(=O)[nH]3)c2=O)C1. The van der Waals surface area contributed by atoms with E-state index in [0.29, 0.717) is 10.0 Å². The fraction of sp³-hybridized carbons (Fsp3) is 0.300. The molecule has 0 unspecified atom stereocenters. The van der Waals surface area contributed by atoms with Gasteiger partial charge in [0.05, 0.1) is 28.3 Å². The van der Waals surface area contributed by atoms with Crippen LogP contribution >= 0.6 is 23.2 Å². The molecule has 0 spiro atoms. The first-order chi connectivity index (χ1) is 15.3. The number of hydrogen-bond acceptors (Lipinski definition) is 6. The number of aromatic amines is 1. The van der Waals surface area contributed by atoms with Crippen LogP contribution in [0, 0.1) is 5.92 Å². The molecule has 168 valence electrons. The summed E-state index contributed by atoms with van der Waals surface area (Å²) in [6.07, 6.45) is -0.0301. The third-order valence-electron chi connectivity index (χ3n) is 5.23. The number of carbonyl (C=O) groups is 1. The van der Waals surface area contributed by atoms with Gasteiger partial charge in [-0.25, -0.2) is 9.59 Å². The molecule has 1 fully saturated rings. The molecule has 3 aromatic rings. The van der Waals surface area contributed by atoms with Crippen molar-refractivity contribution >= 4 is 29.3 Å². The van der Waals surface area contributed by atoms with E-state index in [9.17, 15) is 19.5 Å². The smallest absolute Gasteiger partial charge is 0.439 e. The number of rotatable bonds is 4. The van der Waals surface area contributed by atoms with Crippen LogP contribution in [0.1, 0.15) is 11.7 Å². The highest BCUT2D eigenvalue weighted by atomic mass is 35.5. The lowest BCUT2D eigenvalue weighted by Crippen LogP contribution is -2.37. The van der Waals surface area contributed by atoms with Crippen LogP contribution in [0.5, 0.6) is 0 Å². The Kier molecular flexibility index (Phi) is 6.35. The molecule has 2 atom stereocenters. The molecule has 2 aromatic heterocycles. The van der Waals surface area contributed by atoms with Gasteiger partial charge in [-0.15, -0.1) is 0 Å². The van der Waals surface area contributed by atoms with Crippen molar-refractivity contribution < 1.29 is 19.2 Å². The molecule has 2 N–H and O–H groups in total. The Hall–Kier alpha value is -3.08. The zero-order chi connectivity index (χ0) is 22.8. The molecule has 12 heteroatoms. The van der Waals surface area contributed by atoms with Gasteiger partial charge in [0.15, 0.2) is 5.82 Å². The van der Waals surface area contributed by atoms with Crippen molar-refractivity contribution in [1.82, 2.24) is 19.6 Å². The van der Waals surface area contributed by atoms with Gasteiger partial charge >= 0.3 is 11.8 Å². The molecule has 3 heterocycles. The van der Waals surface area contributed by atoms with Crippen LogP contribution in [0.2, 0.25) is 10.0 Å². The molecule has 1 aromatic carbocycles. The first kappa shape index (κ1) is 22.1. The number of ether oxygens (including phenoxy) is 1. The van der Waals surface area contributed by atoms with Gasteiger partial charge < -0.3 is 19.3 Å². The largest absolute Gasteiger partial charge is 0.465 e. The van der Waals surface area contributed by atoms with E-state index in [0.717, 1.165) is 5.56 Å². The van der Waals surface area contributed by atoms with Crippen LogP contribution < -0.4 is 11.3 Å². The zero-order valence-corrected chi connectivity index (χ0v) is 18.0. The maximum Gasteiger partial charge on any atom is 0.439 e. The van der Waals surface area contributed by atoms with E-state index in [1.807, 2.05) is 0 Å². The molecule has 1 saturated heterocycles. The van der Waals surface area contributed by atoms with Crippen molar-refractivity contribution in [3.8, 4) is 11.4 Å². The Morgan fingerprint density at radius 3 is 2.75 bits per heavy atom. The van der Waals surface area contributed by atoms with E-state index in [2.05, 4.69) is 14.7 Å². The molecule has 32 heavy (non-hydrogen) atoms. The fourth-order valence-electron chi connectivity index (χ4n) is 3.74. The van der Waals surface area contributed by atoms with Gasteiger partial charge in [-0.1, -0.05) is 34.4 Å². The summed E-state index contributed by atoms with van der Waals surface area (Å²) in [6, 6.07) is 8.23. The molecular formula is C20H18Cl2N4O6. The average molecular weight is 481 g/mol. The third-order valence-corrected chi connectivity index (χ3v) is 5.97. The summed E-state index contributed by atoms with van der Waals surface area (Å²) in [6.45, 7) is 0.656. The van der Waals surface area contributed by atoms with E-state index in [1.54, 1.807) is 30.5 Å². The molecule has 10 nitrogen and oxygen atoms in total. The minimum Gasteiger partial charge on any atom is -0.465 e. The van der Waals surface area contributed by atoms with Crippen LogP contribution in [0.4, 0.5) is 4.79 Å². The maximum atomic E-state index is 13.0. The Bertz CT molecular complexity index is 1250. The molecule has 0 aliphatic carbocycles. The highest BCUT2D eigenvalue weighted by molar-refractivity contribution is 6.42. The highest BCUT2D eigenvalue weighted by Gasteiger charge is 2.32. The maximum absolute atomic E-state index is 13.0. The molecule has 0 radical (unpaired) electrons. The summed E-state index contributed by atoms with van der Waals surface area (Å²) < 4.78 is 11.9. The summed E-state index contributed by atoms with van der Waals surface area (Å²) in [7, 11) is 0. The van der Waals surface area contributed by atoms with Crippen molar-refractivity contribution in [3.63, 3.8) is 0 Å². The minimum atomic E-state index is -1.07. The molecule has 1 aliphatic heterocycles. The van der Waals surface area contributed by atoms with Gasteiger partial charge in [0.25, 0.3) is 5.56 Å². The van der Waals surface area contributed by atoms with Crippen LogP contribution in [0.3, 0.4) is 0 Å². The minimum absolute atomic E-state index is 0.0136. The molecule has 1 amide bonds. The van der Waals surface area contributed by atoms with E-state index >= 15 is 0 Å². The number of hydrogen-bond donors (Lipinski definition) is 2.